The first-order valence-corrected chi connectivity index (χ1v) is 12.0. The van der Waals surface area contributed by atoms with E-state index in [1.54, 1.807) is 48.5 Å². The molecule has 1 aliphatic rings. The molecule has 1 saturated heterocycles. The standard InChI is InChI=1S/C23H28N2O5S/c1-2-30-20-9-7-19(8-10-20)22(26)13-14-23(27)24-17-18-5-11-21(12-6-18)31(28,29)25-15-3-4-16-25/h5-12H,2-4,13-17H2,1H3,(H,24,27). The predicted octanol–water partition coefficient (Wildman–Crippen LogP) is 3.15. The Morgan fingerprint density at radius 1 is 0.968 bits per heavy atom. The van der Waals surface area contributed by atoms with Crippen molar-refractivity contribution in [3.8, 4) is 5.75 Å². The highest BCUT2D eigenvalue weighted by molar-refractivity contribution is 7.89. The molecule has 0 bridgehead atoms. The molecular weight excluding hydrogens is 416 g/mol. The van der Waals surface area contributed by atoms with Gasteiger partial charge in [-0.3, -0.25) is 9.59 Å². The van der Waals surface area contributed by atoms with E-state index in [1.165, 1.54) is 4.31 Å². The van der Waals surface area contributed by atoms with Crippen LogP contribution in [0, 0.1) is 0 Å². The fraction of sp³-hybridized carbons (Fsp3) is 0.391. The lowest BCUT2D eigenvalue weighted by atomic mass is 10.1. The minimum atomic E-state index is -3.44. The number of nitrogens with zero attached hydrogens (tertiary/aromatic N) is 1. The van der Waals surface area contributed by atoms with Gasteiger partial charge in [0.05, 0.1) is 11.5 Å². The maximum absolute atomic E-state index is 12.5. The molecule has 31 heavy (non-hydrogen) atoms. The van der Waals surface area contributed by atoms with Crippen LogP contribution in [-0.2, 0) is 21.4 Å². The Hall–Kier alpha value is -2.71. The Morgan fingerprint density at radius 3 is 2.23 bits per heavy atom. The number of benzene rings is 2. The molecule has 1 N–H and O–H groups in total. The van der Waals surface area contributed by atoms with Crippen molar-refractivity contribution in [2.45, 2.75) is 44.0 Å². The van der Waals surface area contributed by atoms with Crippen molar-refractivity contribution in [3.05, 3.63) is 59.7 Å². The summed E-state index contributed by atoms with van der Waals surface area (Å²) in [7, 11) is -3.44. The maximum atomic E-state index is 12.5. The molecular formula is C23H28N2O5S. The van der Waals surface area contributed by atoms with E-state index in [4.69, 9.17) is 4.74 Å². The molecule has 8 heteroatoms. The van der Waals surface area contributed by atoms with Crippen LogP contribution in [0.25, 0.3) is 0 Å². The number of nitrogens with one attached hydrogen (secondary N) is 1. The molecule has 0 spiro atoms. The van der Waals surface area contributed by atoms with Gasteiger partial charge in [0.1, 0.15) is 5.75 Å². The molecule has 3 rings (SSSR count). The van der Waals surface area contributed by atoms with Crippen LogP contribution in [0.15, 0.2) is 53.4 Å². The highest BCUT2D eigenvalue weighted by Crippen LogP contribution is 2.21. The molecule has 0 aromatic heterocycles. The fourth-order valence-corrected chi connectivity index (χ4v) is 4.94. The number of sulfonamides is 1. The fourth-order valence-electron chi connectivity index (χ4n) is 3.42. The molecule has 166 valence electrons. The van der Waals surface area contributed by atoms with Gasteiger partial charge in [0, 0.05) is 38.0 Å². The number of rotatable bonds is 10. The van der Waals surface area contributed by atoms with Crippen molar-refractivity contribution in [2.24, 2.45) is 0 Å². The van der Waals surface area contributed by atoms with Gasteiger partial charge in [-0.15, -0.1) is 0 Å². The number of ether oxygens (including phenoxy) is 1. The van der Waals surface area contributed by atoms with E-state index < -0.39 is 10.0 Å². The molecule has 0 unspecified atom stereocenters. The normalized spacial score (nSPS) is 14.4. The topological polar surface area (TPSA) is 92.8 Å². The zero-order valence-electron chi connectivity index (χ0n) is 17.7. The lowest BCUT2D eigenvalue weighted by Crippen LogP contribution is -2.28. The molecule has 7 nitrogen and oxygen atoms in total. The van der Waals surface area contributed by atoms with Gasteiger partial charge in [0.15, 0.2) is 5.78 Å². The second kappa shape index (κ2) is 10.5. The van der Waals surface area contributed by atoms with Gasteiger partial charge in [-0.2, -0.15) is 4.31 Å². The van der Waals surface area contributed by atoms with Crippen molar-refractivity contribution in [2.75, 3.05) is 19.7 Å². The third-order valence-corrected chi connectivity index (χ3v) is 7.10. The highest BCUT2D eigenvalue weighted by atomic mass is 32.2. The first-order valence-electron chi connectivity index (χ1n) is 10.5. The Bertz CT molecular complexity index is 995. The molecule has 1 amide bonds. The van der Waals surface area contributed by atoms with Gasteiger partial charge in [0.2, 0.25) is 15.9 Å². The second-order valence-corrected chi connectivity index (χ2v) is 9.35. The summed E-state index contributed by atoms with van der Waals surface area (Å²) in [5.74, 6) is 0.374. The number of hydrogen-bond acceptors (Lipinski definition) is 5. The van der Waals surface area contributed by atoms with Gasteiger partial charge in [0.25, 0.3) is 0 Å². The summed E-state index contributed by atoms with van der Waals surface area (Å²) in [6, 6.07) is 13.4. The largest absolute Gasteiger partial charge is 0.494 e. The molecule has 1 heterocycles. The monoisotopic (exact) mass is 444 g/mol. The van der Waals surface area contributed by atoms with Gasteiger partial charge in [-0.05, 0) is 61.7 Å². The summed E-state index contributed by atoms with van der Waals surface area (Å²) in [6.07, 6.45) is 2.00. The van der Waals surface area contributed by atoms with E-state index in [2.05, 4.69) is 5.32 Å². The van der Waals surface area contributed by atoms with E-state index in [-0.39, 0.29) is 36.0 Å². The van der Waals surface area contributed by atoms with Crippen molar-refractivity contribution in [1.29, 1.82) is 0 Å². The highest BCUT2D eigenvalue weighted by Gasteiger charge is 2.26. The number of ketones is 1. The number of carbonyl (C=O) groups is 2. The number of carbonyl (C=O) groups excluding carboxylic acids is 2. The van der Waals surface area contributed by atoms with Crippen molar-refractivity contribution >= 4 is 21.7 Å². The third-order valence-electron chi connectivity index (χ3n) is 5.18. The Labute approximate surface area is 183 Å². The summed E-state index contributed by atoms with van der Waals surface area (Å²) < 4.78 is 32.0. The average Bonchev–Trinajstić information content (AvgIpc) is 3.33. The van der Waals surface area contributed by atoms with Crippen molar-refractivity contribution in [3.63, 3.8) is 0 Å². The van der Waals surface area contributed by atoms with Gasteiger partial charge in [-0.25, -0.2) is 8.42 Å². The first-order chi connectivity index (χ1) is 14.9. The maximum Gasteiger partial charge on any atom is 0.243 e. The molecule has 2 aromatic rings. The Balaban J connectivity index is 1.45. The lowest BCUT2D eigenvalue weighted by molar-refractivity contribution is -0.121. The molecule has 0 radical (unpaired) electrons. The minimum absolute atomic E-state index is 0.0907. The summed E-state index contributed by atoms with van der Waals surface area (Å²) in [4.78, 5) is 24.6. The zero-order valence-corrected chi connectivity index (χ0v) is 18.5. The van der Waals surface area contributed by atoms with Crippen LogP contribution < -0.4 is 10.1 Å². The van der Waals surface area contributed by atoms with Crippen LogP contribution in [0.4, 0.5) is 0 Å². The predicted molar refractivity (Wildman–Crippen MR) is 117 cm³/mol. The molecule has 2 aromatic carbocycles. The Kier molecular flexibility index (Phi) is 7.81. The minimum Gasteiger partial charge on any atom is -0.494 e. The first kappa shape index (κ1) is 23.0. The van der Waals surface area contributed by atoms with E-state index in [9.17, 15) is 18.0 Å². The third kappa shape index (κ3) is 6.15. The van der Waals surface area contributed by atoms with Crippen molar-refractivity contribution in [1.82, 2.24) is 9.62 Å². The van der Waals surface area contributed by atoms with E-state index >= 15 is 0 Å². The summed E-state index contributed by atoms with van der Waals surface area (Å²) in [5.41, 5.74) is 1.35. The summed E-state index contributed by atoms with van der Waals surface area (Å²) >= 11 is 0. The molecule has 0 aliphatic carbocycles. The average molecular weight is 445 g/mol. The number of amides is 1. The van der Waals surface area contributed by atoms with Gasteiger partial charge >= 0.3 is 0 Å². The van der Waals surface area contributed by atoms with Crippen LogP contribution in [0.1, 0.15) is 48.5 Å². The van der Waals surface area contributed by atoms with Crippen LogP contribution in [0.3, 0.4) is 0 Å². The number of hydrogen-bond donors (Lipinski definition) is 1. The molecule has 0 atom stereocenters. The second-order valence-electron chi connectivity index (χ2n) is 7.41. The van der Waals surface area contributed by atoms with E-state index in [1.807, 2.05) is 6.92 Å². The molecule has 0 saturated carbocycles. The van der Waals surface area contributed by atoms with Gasteiger partial charge < -0.3 is 10.1 Å². The van der Waals surface area contributed by atoms with E-state index in [0.717, 1.165) is 18.4 Å². The molecule has 1 fully saturated rings. The van der Waals surface area contributed by atoms with Crippen LogP contribution in [0.5, 0.6) is 5.75 Å². The Morgan fingerprint density at radius 2 is 1.61 bits per heavy atom. The number of Topliss-reactive ketones (excluding diaryl/α,β-unsaturated/α-hetero) is 1. The smallest absolute Gasteiger partial charge is 0.243 e. The van der Waals surface area contributed by atoms with Crippen LogP contribution >= 0.6 is 0 Å². The SMILES string of the molecule is CCOc1ccc(C(=O)CCC(=O)NCc2ccc(S(=O)(=O)N3CCCC3)cc2)cc1. The van der Waals surface area contributed by atoms with Gasteiger partial charge in [-0.1, -0.05) is 12.1 Å². The van der Waals surface area contributed by atoms with Crippen LogP contribution in [0.2, 0.25) is 0 Å². The quantitative estimate of drug-likeness (QED) is 0.568. The van der Waals surface area contributed by atoms with Crippen LogP contribution in [-0.4, -0.2) is 44.1 Å². The summed E-state index contributed by atoms with van der Waals surface area (Å²) in [5, 5.41) is 2.77. The van der Waals surface area contributed by atoms with E-state index in [0.29, 0.717) is 31.0 Å². The lowest BCUT2D eigenvalue weighted by Gasteiger charge is -2.15. The van der Waals surface area contributed by atoms with Crippen molar-refractivity contribution < 1.29 is 22.7 Å². The molecule has 1 aliphatic heterocycles. The summed E-state index contributed by atoms with van der Waals surface area (Å²) in [6.45, 7) is 3.86. The zero-order chi connectivity index (χ0) is 22.3.